The molecule has 254 valence electrons. The predicted octanol–water partition coefficient (Wildman–Crippen LogP) is 12.6. The number of hydrogen-bond acceptors (Lipinski definition) is 3. The van der Waals surface area contributed by atoms with Crippen LogP contribution in [-0.4, -0.2) is 11.7 Å². The van der Waals surface area contributed by atoms with Crippen LogP contribution in [0.15, 0.2) is 210 Å². The molecule has 0 saturated heterocycles. The maximum atomic E-state index is 5.21. The molecule has 1 aliphatic rings. The average Bonchev–Trinajstić information content (AvgIpc) is 3.26. The Hall–Kier alpha value is -7.10. The lowest BCUT2D eigenvalue weighted by molar-refractivity contribution is 0.675. The van der Waals surface area contributed by atoms with Gasteiger partial charge in [0, 0.05) is 11.1 Å². The monoisotopic (exact) mass is 689 g/mol. The highest BCUT2D eigenvalue weighted by Crippen LogP contribution is 2.35. The van der Waals surface area contributed by atoms with Crippen LogP contribution in [0.25, 0.3) is 65.7 Å². The Bertz CT molecular complexity index is 2890. The average molecular weight is 690 g/mol. The van der Waals surface area contributed by atoms with Crippen molar-refractivity contribution in [3.05, 3.63) is 217 Å². The fraction of sp³-hybridized carbons (Fsp3) is 0.0196. The molecular weight excluding hydrogens is 655 g/mol. The van der Waals surface area contributed by atoms with E-state index in [1.807, 2.05) is 0 Å². The van der Waals surface area contributed by atoms with Crippen molar-refractivity contribution in [1.29, 1.82) is 0 Å². The van der Waals surface area contributed by atoms with Crippen LogP contribution in [0.4, 0.5) is 0 Å². The first-order valence-corrected chi connectivity index (χ1v) is 18.4. The van der Waals surface area contributed by atoms with Gasteiger partial charge in [-0.2, -0.15) is 0 Å². The SMILES string of the molecule is c1ccc(-c2cc(-c3ccc(C4=NC(c5ccc6ccccc6c5)NC(c5ccc(-c6ccc7ccccc7c6)cc5)=N4)cc3)cc3ccccc23)cc1. The summed E-state index contributed by atoms with van der Waals surface area (Å²) in [6, 6.07) is 71.4. The van der Waals surface area contributed by atoms with E-state index >= 15 is 0 Å². The minimum absolute atomic E-state index is 0.300. The number of rotatable bonds is 6. The number of hydrogen-bond donors (Lipinski definition) is 1. The molecule has 0 saturated carbocycles. The molecule has 0 radical (unpaired) electrons. The zero-order chi connectivity index (χ0) is 35.8. The third kappa shape index (κ3) is 6.02. The molecule has 0 aromatic heterocycles. The minimum atomic E-state index is -0.300. The Morgan fingerprint density at radius 2 is 0.889 bits per heavy atom. The van der Waals surface area contributed by atoms with Crippen LogP contribution < -0.4 is 5.32 Å². The second-order valence-electron chi connectivity index (χ2n) is 13.9. The zero-order valence-electron chi connectivity index (χ0n) is 29.5. The second kappa shape index (κ2) is 13.5. The van der Waals surface area contributed by atoms with Gasteiger partial charge in [-0.1, -0.05) is 176 Å². The van der Waals surface area contributed by atoms with Gasteiger partial charge >= 0.3 is 0 Å². The molecule has 3 heteroatoms. The number of benzene rings is 9. The van der Waals surface area contributed by atoms with Crippen molar-refractivity contribution in [3.8, 4) is 33.4 Å². The first-order valence-electron chi connectivity index (χ1n) is 18.4. The van der Waals surface area contributed by atoms with Gasteiger partial charge in [0.15, 0.2) is 5.84 Å². The summed E-state index contributed by atoms with van der Waals surface area (Å²) < 4.78 is 0. The van der Waals surface area contributed by atoms with Crippen LogP contribution >= 0.6 is 0 Å². The highest BCUT2D eigenvalue weighted by molar-refractivity contribution is 6.13. The van der Waals surface area contributed by atoms with E-state index in [2.05, 4.69) is 206 Å². The van der Waals surface area contributed by atoms with E-state index in [0.717, 1.165) is 28.1 Å². The summed E-state index contributed by atoms with van der Waals surface area (Å²) in [4.78, 5) is 10.4. The smallest absolute Gasteiger partial charge is 0.159 e. The van der Waals surface area contributed by atoms with E-state index in [-0.39, 0.29) is 6.17 Å². The van der Waals surface area contributed by atoms with Crippen molar-refractivity contribution >= 4 is 44.0 Å². The van der Waals surface area contributed by atoms with Gasteiger partial charge in [0.2, 0.25) is 0 Å². The fourth-order valence-corrected chi connectivity index (χ4v) is 7.61. The van der Waals surface area contributed by atoms with Crippen LogP contribution in [-0.2, 0) is 0 Å². The maximum Gasteiger partial charge on any atom is 0.159 e. The van der Waals surface area contributed by atoms with Crippen LogP contribution in [0, 0.1) is 0 Å². The van der Waals surface area contributed by atoms with Crippen molar-refractivity contribution in [2.45, 2.75) is 6.17 Å². The Morgan fingerprint density at radius 3 is 1.63 bits per heavy atom. The van der Waals surface area contributed by atoms with E-state index in [1.54, 1.807) is 0 Å². The molecule has 1 unspecified atom stereocenters. The van der Waals surface area contributed by atoms with Gasteiger partial charge in [-0.15, -0.1) is 0 Å². The highest BCUT2D eigenvalue weighted by atomic mass is 15.2. The molecule has 10 rings (SSSR count). The minimum Gasteiger partial charge on any atom is -0.344 e. The third-order valence-corrected chi connectivity index (χ3v) is 10.5. The second-order valence-corrected chi connectivity index (χ2v) is 13.9. The number of amidine groups is 2. The fourth-order valence-electron chi connectivity index (χ4n) is 7.61. The molecule has 1 atom stereocenters. The predicted molar refractivity (Wildman–Crippen MR) is 227 cm³/mol. The van der Waals surface area contributed by atoms with Crippen molar-refractivity contribution in [3.63, 3.8) is 0 Å². The van der Waals surface area contributed by atoms with Crippen molar-refractivity contribution < 1.29 is 0 Å². The molecule has 0 bridgehead atoms. The van der Waals surface area contributed by atoms with Crippen LogP contribution in [0.5, 0.6) is 0 Å². The van der Waals surface area contributed by atoms with Crippen LogP contribution in [0.1, 0.15) is 22.9 Å². The Kier molecular flexibility index (Phi) is 7.88. The van der Waals surface area contributed by atoms with Gasteiger partial charge in [0.25, 0.3) is 0 Å². The van der Waals surface area contributed by atoms with E-state index in [9.17, 15) is 0 Å². The van der Waals surface area contributed by atoms with Gasteiger partial charge in [-0.05, 0) is 95.5 Å². The van der Waals surface area contributed by atoms with Gasteiger partial charge < -0.3 is 5.32 Å². The summed E-state index contributed by atoms with van der Waals surface area (Å²) in [6.45, 7) is 0. The van der Waals surface area contributed by atoms with Gasteiger partial charge in [0.05, 0.1) is 0 Å². The molecule has 0 aliphatic carbocycles. The number of fused-ring (bicyclic) bond motifs is 3. The molecule has 9 aromatic carbocycles. The number of nitrogens with zero attached hydrogens (tertiary/aromatic N) is 2. The highest BCUT2D eigenvalue weighted by Gasteiger charge is 2.22. The summed E-state index contributed by atoms with van der Waals surface area (Å²) in [5.41, 5.74) is 10.2. The Balaban J connectivity index is 1.02. The number of aliphatic imine (C=N–C) groups is 2. The quantitative estimate of drug-likeness (QED) is 0.185. The van der Waals surface area contributed by atoms with E-state index in [4.69, 9.17) is 9.98 Å². The Labute approximate surface area is 314 Å². The third-order valence-electron chi connectivity index (χ3n) is 10.5. The normalized spacial score (nSPS) is 14.1. The topological polar surface area (TPSA) is 36.8 Å². The van der Waals surface area contributed by atoms with E-state index < -0.39 is 0 Å². The first-order chi connectivity index (χ1) is 26.7. The van der Waals surface area contributed by atoms with Crippen LogP contribution in [0.2, 0.25) is 0 Å². The van der Waals surface area contributed by atoms with Crippen molar-refractivity contribution in [2.75, 3.05) is 0 Å². The largest absolute Gasteiger partial charge is 0.344 e. The Morgan fingerprint density at radius 1 is 0.352 bits per heavy atom. The van der Waals surface area contributed by atoms with Gasteiger partial charge in [0.1, 0.15) is 12.0 Å². The summed E-state index contributed by atoms with van der Waals surface area (Å²) in [5, 5.41) is 11.0. The van der Waals surface area contributed by atoms with Gasteiger partial charge in [-0.25, -0.2) is 9.98 Å². The lowest BCUT2D eigenvalue weighted by Crippen LogP contribution is -2.33. The van der Waals surface area contributed by atoms with Gasteiger partial charge in [-0.3, -0.25) is 0 Å². The lowest BCUT2D eigenvalue weighted by atomic mass is 9.93. The molecule has 54 heavy (non-hydrogen) atoms. The molecule has 0 amide bonds. The molecule has 1 heterocycles. The molecular formula is C51H35N3. The standard InChI is InChI=1S/C51H35N3/c1-2-12-38(13-3-1)48-33-46(32-44-16-8-9-17-47(44)48)37-20-26-40(27-21-37)50-52-49(53-51(54-50)45-29-23-35-11-5-7-15-42(35)31-45)39-24-18-36(19-25-39)43-28-22-34-10-4-6-14-41(34)30-43/h1-33,51H,(H,52,53,54). The van der Waals surface area contributed by atoms with E-state index in [1.165, 1.54) is 60.1 Å². The molecule has 3 nitrogen and oxygen atoms in total. The lowest BCUT2D eigenvalue weighted by Gasteiger charge is -2.24. The molecule has 1 aliphatic heterocycles. The maximum absolute atomic E-state index is 5.21. The molecule has 9 aromatic rings. The zero-order valence-corrected chi connectivity index (χ0v) is 29.5. The number of nitrogens with one attached hydrogen (secondary N) is 1. The molecule has 0 fully saturated rings. The molecule has 1 N–H and O–H groups in total. The van der Waals surface area contributed by atoms with Crippen LogP contribution in [0.3, 0.4) is 0 Å². The summed E-state index contributed by atoms with van der Waals surface area (Å²) >= 11 is 0. The first kappa shape index (κ1) is 31.6. The summed E-state index contributed by atoms with van der Waals surface area (Å²) in [5.74, 6) is 1.50. The summed E-state index contributed by atoms with van der Waals surface area (Å²) in [6.07, 6.45) is -0.300. The van der Waals surface area contributed by atoms with Crippen molar-refractivity contribution in [2.24, 2.45) is 9.98 Å². The molecule has 0 spiro atoms. The summed E-state index contributed by atoms with van der Waals surface area (Å²) in [7, 11) is 0. The van der Waals surface area contributed by atoms with Crippen molar-refractivity contribution in [1.82, 2.24) is 5.32 Å². The van der Waals surface area contributed by atoms with E-state index in [0.29, 0.717) is 5.84 Å².